The number of fused-ring (bicyclic) bond motifs is 1. The lowest BCUT2D eigenvalue weighted by Crippen LogP contribution is -2.36. The second-order valence-electron chi connectivity index (χ2n) is 8.19. The Balaban J connectivity index is 1.50. The number of ether oxygens (including phenoxy) is 1. The SMILES string of the molecule is CCOc1ccc2nc(NC(=O)c3ccc(S(=O)(=O)N(Cc4ccccc4)C(C)C)cc3)sc2c1. The average molecular weight is 510 g/mol. The number of benzene rings is 3. The van der Waals surface area contributed by atoms with Gasteiger partial charge in [-0.1, -0.05) is 41.7 Å². The summed E-state index contributed by atoms with van der Waals surface area (Å²) in [6.07, 6.45) is 0. The van der Waals surface area contributed by atoms with Crippen LogP contribution in [-0.4, -0.2) is 36.3 Å². The number of nitrogens with one attached hydrogen (secondary N) is 1. The zero-order valence-corrected chi connectivity index (χ0v) is 21.4. The van der Waals surface area contributed by atoms with Crippen molar-refractivity contribution in [2.75, 3.05) is 11.9 Å². The minimum atomic E-state index is -3.75. The molecule has 0 radical (unpaired) electrons. The molecule has 0 spiro atoms. The number of sulfonamides is 1. The predicted octanol–water partition coefficient (Wildman–Crippen LogP) is 5.55. The van der Waals surface area contributed by atoms with Gasteiger partial charge in [0.15, 0.2) is 5.13 Å². The third-order valence-electron chi connectivity index (χ3n) is 5.37. The van der Waals surface area contributed by atoms with Crippen LogP contribution >= 0.6 is 11.3 Å². The van der Waals surface area contributed by atoms with Crippen molar-refractivity contribution in [1.82, 2.24) is 9.29 Å². The van der Waals surface area contributed by atoms with Gasteiger partial charge in [0, 0.05) is 18.2 Å². The van der Waals surface area contributed by atoms with E-state index in [0.29, 0.717) is 17.3 Å². The maximum Gasteiger partial charge on any atom is 0.257 e. The molecule has 0 atom stereocenters. The average Bonchev–Trinajstić information content (AvgIpc) is 3.24. The fourth-order valence-electron chi connectivity index (χ4n) is 3.61. The molecular weight excluding hydrogens is 482 g/mol. The van der Waals surface area contributed by atoms with Gasteiger partial charge < -0.3 is 4.74 Å². The van der Waals surface area contributed by atoms with Crippen molar-refractivity contribution < 1.29 is 17.9 Å². The van der Waals surface area contributed by atoms with E-state index >= 15 is 0 Å². The normalized spacial score (nSPS) is 11.8. The van der Waals surface area contributed by atoms with E-state index in [-0.39, 0.29) is 23.4 Å². The van der Waals surface area contributed by atoms with E-state index in [1.54, 1.807) is 0 Å². The van der Waals surface area contributed by atoms with Crippen LogP contribution in [0.5, 0.6) is 5.75 Å². The van der Waals surface area contributed by atoms with Crippen LogP contribution < -0.4 is 10.1 Å². The second kappa shape index (κ2) is 10.6. The molecule has 4 aromatic rings. The smallest absolute Gasteiger partial charge is 0.257 e. The molecule has 1 N–H and O–H groups in total. The fraction of sp³-hybridized carbons (Fsp3) is 0.231. The highest BCUT2D eigenvalue weighted by Crippen LogP contribution is 2.30. The highest BCUT2D eigenvalue weighted by molar-refractivity contribution is 7.89. The third-order valence-corrected chi connectivity index (χ3v) is 8.34. The van der Waals surface area contributed by atoms with Crippen LogP contribution in [0.15, 0.2) is 77.7 Å². The first kappa shape index (κ1) is 24.8. The van der Waals surface area contributed by atoms with Crippen molar-refractivity contribution >= 4 is 42.6 Å². The van der Waals surface area contributed by atoms with E-state index in [4.69, 9.17) is 4.74 Å². The molecule has 0 bridgehead atoms. The van der Waals surface area contributed by atoms with Crippen LogP contribution in [0.25, 0.3) is 10.2 Å². The lowest BCUT2D eigenvalue weighted by atomic mass is 10.2. The Hall–Kier alpha value is -3.27. The van der Waals surface area contributed by atoms with Gasteiger partial charge in [0.1, 0.15) is 5.75 Å². The van der Waals surface area contributed by atoms with Crippen LogP contribution in [0.2, 0.25) is 0 Å². The second-order valence-corrected chi connectivity index (χ2v) is 11.1. The Bertz CT molecular complexity index is 1420. The summed E-state index contributed by atoms with van der Waals surface area (Å²) in [7, 11) is -3.75. The fourth-order valence-corrected chi connectivity index (χ4v) is 6.12. The number of aromatic nitrogens is 1. The first-order valence-electron chi connectivity index (χ1n) is 11.3. The molecule has 0 fully saturated rings. The van der Waals surface area contributed by atoms with E-state index in [2.05, 4.69) is 10.3 Å². The molecule has 3 aromatic carbocycles. The van der Waals surface area contributed by atoms with E-state index in [1.165, 1.54) is 39.9 Å². The zero-order valence-electron chi connectivity index (χ0n) is 19.8. The molecule has 1 heterocycles. The summed E-state index contributed by atoms with van der Waals surface area (Å²) in [4.78, 5) is 17.4. The molecule has 0 unspecified atom stereocenters. The number of hydrogen-bond acceptors (Lipinski definition) is 6. The molecule has 1 aromatic heterocycles. The third kappa shape index (κ3) is 5.70. The highest BCUT2D eigenvalue weighted by Gasteiger charge is 2.27. The van der Waals surface area contributed by atoms with Crippen molar-refractivity contribution in [3.05, 3.63) is 83.9 Å². The molecule has 0 saturated carbocycles. The number of anilines is 1. The Labute approximate surface area is 209 Å². The van der Waals surface area contributed by atoms with Gasteiger partial charge in [0.25, 0.3) is 5.91 Å². The number of carbonyl (C=O) groups is 1. The summed E-state index contributed by atoms with van der Waals surface area (Å²) in [6.45, 7) is 6.45. The summed E-state index contributed by atoms with van der Waals surface area (Å²) in [5, 5.41) is 3.26. The van der Waals surface area contributed by atoms with E-state index in [1.807, 2.05) is 69.3 Å². The molecular formula is C26H27N3O4S2. The zero-order chi connectivity index (χ0) is 25.0. The van der Waals surface area contributed by atoms with E-state index in [0.717, 1.165) is 21.5 Å². The standard InChI is InChI=1S/C26H27N3O4S2/c1-4-33-21-12-15-23-24(16-21)34-26(27-23)28-25(30)20-10-13-22(14-11-20)35(31,32)29(18(2)3)17-19-8-6-5-7-9-19/h5-16,18H,4,17H2,1-3H3,(H,27,28,30). The minimum Gasteiger partial charge on any atom is -0.494 e. The van der Waals surface area contributed by atoms with Crippen molar-refractivity contribution in [3.8, 4) is 5.75 Å². The summed E-state index contributed by atoms with van der Waals surface area (Å²) in [5.41, 5.74) is 2.02. The van der Waals surface area contributed by atoms with Gasteiger partial charge in [-0.25, -0.2) is 13.4 Å². The molecule has 7 nitrogen and oxygen atoms in total. The van der Waals surface area contributed by atoms with Crippen molar-refractivity contribution in [1.29, 1.82) is 0 Å². The van der Waals surface area contributed by atoms with Crippen LogP contribution in [-0.2, 0) is 16.6 Å². The highest BCUT2D eigenvalue weighted by atomic mass is 32.2. The molecule has 0 saturated heterocycles. The van der Waals surface area contributed by atoms with Crippen LogP contribution in [0.1, 0.15) is 36.7 Å². The van der Waals surface area contributed by atoms with Crippen LogP contribution in [0.4, 0.5) is 5.13 Å². The minimum absolute atomic E-state index is 0.141. The summed E-state index contributed by atoms with van der Waals surface area (Å²) in [6, 6.07) is 20.8. The van der Waals surface area contributed by atoms with Gasteiger partial charge in [-0.3, -0.25) is 10.1 Å². The largest absolute Gasteiger partial charge is 0.494 e. The number of thiazole rings is 1. The molecule has 0 aliphatic rings. The number of amides is 1. The van der Waals surface area contributed by atoms with Gasteiger partial charge in [-0.05, 0) is 68.8 Å². The van der Waals surface area contributed by atoms with Gasteiger partial charge in [-0.15, -0.1) is 0 Å². The van der Waals surface area contributed by atoms with E-state index < -0.39 is 10.0 Å². The first-order valence-corrected chi connectivity index (χ1v) is 13.5. The number of nitrogens with zero attached hydrogens (tertiary/aromatic N) is 2. The molecule has 182 valence electrons. The summed E-state index contributed by atoms with van der Waals surface area (Å²) >= 11 is 1.35. The summed E-state index contributed by atoms with van der Waals surface area (Å²) in [5.74, 6) is 0.393. The Morgan fingerprint density at radius 1 is 1.06 bits per heavy atom. The lowest BCUT2D eigenvalue weighted by molar-refractivity contribution is 0.102. The maximum absolute atomic E-state index is 13.3. The van der Waals surface area contributed by atoms with Gasteiger partial charge in [0.05, 0.1) is 21.7 Å². The molecule has 1 amide bonds. The van der Waals surface area contributed by atoms with Gasteiger partial charge >= 0.3 is 0 Å². The Morgan fingerprint density at radius 3 is 2.43 bits per heavy atom. The molecule has 0 aliphatic heterocycles. The van der Waals surface area contributed by atoms with E-state index in [9.17, 15) is 13.2 Å². The van der Waals surface area contributed by atoms with Crippen molar-refractivity contribution in [2.45, 2.75) is 38.3 Å². The number of carbonyl (C=O) groups excluding carboxylic acids is 1. The molecule has 35 heavy (non-hydrogen) atoms. The molecule has 9 heteroatoms. The van der Waals surface area contributed by atoms with Gasteiger partial charge in [0.2, 0.25) is 10.0 Å². The van der Waals surface area contributed by atoms with Crippen molar-refractivity contribution in [3.63, 3.8) is 0 Å². The quantitative estimate of drug-likeness (QED) is 0.320. The van der Waals surface area contributed by atoms with Crippen molar-refractivity contribution in [2.24, 2.45) is 0 Å². The van der Waals surface area contributed by atoms with Crippen LogP contribution in [0.3, 0.4) is 0 Å². The Kier molecular flexibility index (Phi) is 7.49. The topological polar surface area (TPSA) is 88.6 Å². The Morgan fingerprint density at radius 2 is 1.77 bits per heavy atom. The predicted molar refractivity (Wildman–Crippen MR) is 139 cm³/mol. The summed E-state index contributed by atoms with van der Waals surface area (Å²) < 4.78 is 34.5. The number of hydrogen-bond donors (Lipinski definition) is 1. The monoisotopic (exact) mass is 509 g/mol. The molecule has 0 aliphatic carbocycles. The maximum atomic E-state index is 13.3. The first-order chi connectivity index (χ1) is 16.8. The van der Waals surface area contributed by atoms with Crippen LogP contribution in [0, 0.1) is 0 Å². The van der Waals surface area contributed by atoms with Gasteiger partial charge in [-0.2, -0.15) is 4.31 Å². The molecule has 4 rings (SSSR count). The lowest BCUT2D eigenvalue weighted by Gasteiger charge is -2.26. The number of rotatable bonds is 9.